The quantitative estimate of drug-likeness (QED) is 0.599. The molecule has 17 heavy (non-hydrogen) atoms. The van der Waals surface area contributed by atoms with Crippen molar-refractivity contribution < 1.29 is 9.13 Å². The summed E-state index contributed by atoms with van der Waals surface area (Å²) < 4.78 is 18.7. The first-order valence-electron chi connectivity index (χ1n) is 5.77. The molecule has 0 aromatic heterocycles. The molecule has 0 saturated heterocycles. The van der Waals surface area contributed by atoms with Gasteiger partial charge in [-0.15, -0.1) is 11.8 Å². The highest BCUT2D eigenvalue weighted by Crippen LogP contribution is 2.24. The number of methoxy groups -OCH3 is 1. The molecule has 4 heteroatoms. The molecule has 1 rings (SSSR count). The molecule has 0 aliphatic heterocycles. The molecule has 96 valence electrons. The van der Waals surface area contributed by atoms with E-state index in [0.717, 1.165) is 16.2 Å². The third kappa shape index (κ3) is 5.06. The van der Waals surface area contributed by atoms with Crippen molar-refractivity contribution in [2.75, 3.05) is 19.5 Å². The molecule has 2 nitrogen and oxygen atoms in total. The van der Waals surface area contributed by atoms with Crippen molar-refractivity contribution >= 4 is 11.8 Å². The van der Waals surface area contributed by atoms with Gasteiger partial charge in [0.25, 0.3) is 0 Å². The second kappa shape index (κ2) is 7.69. The molecule has 0 aliphatic carbocycles. The topological polar surface area (TPSA) is 21.3 Å². The second-order valence-corrected chi connectivity index (χ2v) is 5.23. The predicted octanol–water partition coefficient (Wildman–Crippen LogP) is 3.06. The van der Waals surface area contributed by atoms with Crippen molar-refractivity contribution in [3.8, 4) is 0 Å². The first-order valence-corrected chi connectivity index (χ1v) is 6.76. The number of benzene rings is 1. The van der Waals surface area contributed by atoms with Crippen LogP contribution in [0.25, 0.3) is 0 Å². The zero-order valence-electron chi connectivity index (χ0n) is 10.6. The first kappa shape index (κ1) is 14.5. The molecule has 0 spiro atoms. The van der Waals surface area contributed by atoms with E-state index in [1.54, 1.807) is 24.9 Å². The van der Waals surface area contributed by atoms with Crippen molar-refractivity contribution in [1.82, 2.24) is 5.32 Å². The molecule has 0 saturated carbocycles. The van der Waals surface area contributed by atoms with Gasteiger partial charge in [-0.25, -0.2) is 4.39 Å². The molecule has 0 bridgehead atoms. The van der Waals surface area contributed by atoms with Crippen LogP contribution in [0.2, 0.25) is 0 Å². The minimum absolute atomic E-state index is 0.138. The SMILES string of the molecule is COCCSc1cccc(F)c1CNC(C)C. The lowest BCUT2D eigenvalue weighted by Gasteiger charge is -2.13. The number of hydrogen-bond acceptors (Lipinski definition) is 3. The van der Waals surface area contributed by atoms with E-state index in [1.165, 1.54) is 6.07 Å². The van der Waals surface area contributed by atoms with Gasteiger partial charge in [0, 0.05) is 35.9 Å². The van der Waals surface area contributed by atoms with Crippen LogP contribution in [0, 0.1) is 5.82 Å². The van der Waals surface area contributed by atoms with Crippen LogP contribution in [0.15, 0.2) is 23.1 Å². The number of ether oxygens (including phenoxy) is 1. The number of hydrogen-bond donors (Lipinski definition) is 1. The standard InChI is InChI=1S/C13H20FNOS/c1-10(2)15-9-11-12(14)5-4-6-13(11)17-8-7-16-3/h4-6,10,15H,7-9H2,1-3H3. The lowest BCUT2D eigenvalue weighted by atomic mass is 10.2. The van der Waals surface area contributed by atoms with E-state index in [4.69, 9.17) is 4.74 Å². The maximum Gasteiger partial charge on any atom is 0.128 e. The fourth-order valence-electron chi connectivity index (χ4n) is 1.39. The molecule has 0 amide bonds. The number of thioether (sulfide) groups is 1. The Morgan fingerprint density at radius 1 is 1.41 bits per heavy atom. The van der Waals surface area contributed by atoms with Crippen LogP contribution in [0.5, 0.6) is 0 Å². The van der Waals surface area contributed by atoms with E-state index in [1.807, 2.05) is 6.07 Å². The number of halogens is 1. The molecule has 0 atom stereocenters. The Morgan fingerprint density at radius 3 is 2.82 bits per heavy atom. The lowest BCUT2D eigenvalue weighted by molar-refractivity contribution is 0.218. The Morgan fingerprint density at radius 2 is 2.18 bits per heavy atom. The molecule has 1 aromatic rings. The summed E-state index contributed by atoms with van der Waals surface area (Å²) in [4.78, 5) is 0.996. The summed E-state index contributed by atoms with van der Waals surface area (Å²) in [6.07, 6.45) is 0. The van der Waals surface area contributed by atoms with Crippen LogP contribution in [0.1, 0.15) is 19.4 Å². The third-order valence-electron chi connectivity index (χ3n) is 2.31. The summed E-state index contributed by atoms with van der Waals surface area (Å²) >= 11 is 1.63. The molecule has 0 unspecified atom stereocenters. The van der Waals surface area contributed by atoms with E-state index in [9.17, 15) is 4.39 Å². The van der Waals surface area contributed by atoms with E-state index < -0.39 is 0 Å². The summed E-state index contributed by atoms with van der Waals surface area (Å²) in [7, 11) is 1.67. The van der Waals surface area contributed by atoms with Crippen molar-refractivity contribution in [1.29, 1.82) is 0 Å². The zero-order chi connectivity index (χ0) is 12.7. The smallest absolute Gasteiger partial charge is 0.128 e. The summed E-state index contributed by atoms with van der Waals surface area (Å²) in [6, 6.07) is 5.58. The van der Waals surface area contributed by atoms with Crippen LogP contribution in [0.4, 0.5) is 4.39 Å². The lowest BCUT2D eigenvalue weighted by Crippen LogP contribution is -2.22. The van der Waals surface area contributed by atoms with Crippen LogP contribution < -0.4 is 5.32 Å². The van der Waals surface area contributed by atoms with Gasteiger partial charge in [0.2, 0.25) is 0 Å². The van der Waals surface area contributed by atoms with Crippen LogP contribution >= 0.6 is 11.8 Å². The van der Waals surface area contributed by atoms with Crippen molar-refractivity contribution in [2.45, 2.75) is 31.3 Å². The van der Waals surface area contributed by atoms with Crippen LogP contribution in [-0.2, 0) is 11.3 Å². The Kier molecular flexibility index (Phi) is 6.55. The zero-order valence-corrected chi connectivity index (χ0v) is 11.4. The van der Waals surface area contributed by atoms with Gasteiger partial charge in [-0.05, 0) is 12.1 Å². The van der Waals surface area contributed by atoms with E-state index in [2.05, 4.69) is 19.2 Å². The van der Waals surface area contributed by atoms with Gasteiger partial charge < -0.3 is 10.1 Å². The molecule has 0 radical (unpaired) electrons. The Balaban J connectivity index is 2.69. The molecular formula is C13H20FNOS. The average Bonchev–Trinajstić information content (AvgIpc) is 2.28. The van der Waals surface area contributed by atoms with Crippen molar-refractivity contribution in [3.63, 3.8) is 0 Å². The first-order chi connectivity index (χ1) is 8.15. The third-order valence-corrected chi connectivity index (χ3v) is 3.37. The normalized spacial score (nSPS) is 11.1. The fourth-order valence-corrected chi connectivity index (χ4v) is 2.38. The van der Waals surface area contributed by atoms with Crippen LogP contribution in [-0.4, -0.2) is 25.5 Å². The summed E-state index contributed by atoms with van der Waals surface area (Å²) in [5.41, 5.74) is 0.752. The van der Waals surface area contributed by atoms with Gasteiger partial charge in [-0.3, -0.25) is 0 Å². The number of nitrogens with one attached hydrogen (secondary N) is 1. The fraction of sp³-hybridized carbons (Fsp3) is 0.538. The van der Waals surface area contributed by atoms with E-state index in [0.29, 0.717) is 19.2 Å². The second-order valence-electron chi connectivity index (χ2n) is 4.09. The molecule has 0 heterocycles. The average molecular weight is 257 g/mol. The Hall–Kier alpha value is -0.580. The summed E-state index contributed by atoms with van der Waals surface area (Å²) in [6.45, 7) is 5.36. The predicted molar refractivity (Wildman–Crippen MR) is 71.0 cm³/mol. The monoisotopic (exact) mass is 257 g/mol. The van der Waals surface area contributed by atoms with Gasteiger partial charge in [0.05, 0.1) is 6.61 Å². The van der Waals surface area contributed by atoms with E-state index >= 15 is 0 Å². The Bertz CT molecular complexity index is 344. The highest BCUT2D eigenvalue weighted by atomic mass is 32.2. The molecular weight excluding hydrogens is 237 g/mol. The van der Waals surface area contributed by atoms with Gasteiger partial charge >= 0.3 is 0 Å². The molecule has 1 N–H and O–H groups in total. The highest BCUT2D eigenvalue weighted by molar-refractivity contribution is 7.99. The van der Waals surface area contributed by atoms with Gasteiger partial charge in [0.1, 0.15) is 5.82 Å². The summed E-state index contributed by atoms with van der Waals surface area (Å²) in [5.74, 6) is 0.704. The maximum atomic E-state index is 13.7. The van der Waals surface area contributed by atoms with Crippen LogP contribution in [0.3, 0.4) is 0 Å². The largest absolute Gasteiger partial charge is 0.384 e. The van der Waals surface area contributed by atoms with Crippen molar-refractivity contribution in [3.05, 3.63) is 29.6 Å². The minimum atomic E-state index is -0.138. The molecule has 0 fully saturated rings. The van der Waals surface area contributed by atoms with Crippen molar-refractivity contribution in [2.24, 2.45) is 0 Å². The molecule has 0 aliphatic rings. The maximum absolute atomic E-state index is 13.7. The minimum Gasteiger partial charge on any atom is -0.384 e. The summed E-state index contributed by atoms with van der Waals surface area (Å²) in [5, 5.41) is 3.25. The van der Waals surface area contributed by atoms with Gasteiger partial charge in [-0.1, -0.05) is 19.9 Å². The number of rotatable bonds is 7. The molecule has 1 aromatic carbocycles. The highest BCUT2D eigenvalue weighted by Gasteiger charge is 2.09. The van der Waals surface area contributed by atoms with Gasteiger partial charge in [0.15, 0.2) is 0 Å². The van der Waals surface area contributed by atoms with Gasteiger partial charge in [-0.2, -0.15) is 0 Å². The van der Waals surface area contributed by atoms with E-state index in [-0.39, 0.29) is 5.82 Å². The Labute approximate surface area is 107 Å².